The van der Waals surface area contributed by atoms with E-state index in [2.05, 4.69) is 32.9 Å². The zero-order valence-electron chi connectivity index (χ0n) is 17.1. The number of fused-ring (bicyclic) bond motifs is 4. The average molecular weight is 439 g/mol. The summed E-state index contributed by atoms with van der Waals surface area (Å²) in [6.45, 7) is 0.497. The van der Waals surface area contributed by atoms with Gasteiger partial charge in [-0.1, -0.05) is 66.2 Å². The number of aromatic nitrogens is 3. The maximum Gasteiger partial charge on any atom is 0.159 e. The number of para-hydroxylation sites is 1. The van der Waals surface area contributed by atoms with Crippen molar-refractivity contribution >= 4 is 35.3 Å². The Morgan fingerprint density at radius 3 is 2.69 bits per heavy atom. The fourth-order valence-corrected chi connectivity index (χ4v) is 3.77. The molecule has 3 heterocycles. The van der Waals surface area contributed by atoms with Crippen molar-refractivity contribution < 1.29 is 0 Å². The van der Waals surface area contributed by atoms with Crippen LogP contribution in [0.4, 0.5) is 5.69 Å². The number of benzene rings is 3. The third-order valence-corrected chi connectivity index (χ3v) is 5.33. The Labute approximate surface area is 190 Å². The number of allylic oxidation sites excluding steroid dienone is 1. The molecule has 0 fully saturated rings. The van der Waals surface area contributed by atoms with Gasteiger partial charge < -0.3 is 0 Å². The van der Waals surface area contributed by atoms with E-state index >= 15 is 0 Å². The van der Waals surface area contributed by atoms with Crippen molar-refractivity contribution in [2.75, 3.05) is 5.43 Å². The normalized spacial score (nSPS) is 13.2. The minimum atomic E-state index is 0.497. The SMILES string of the molecule is C1=Cc2ccccc2NN=C1.Clc1ccc2c(c1)C(c1ccccc1)=NCc1nncn1-2. The molecule has 6 rings (SSSR count). The minimum absolute atomic E-state index is 0.497. The summed E-state index contributed by atoms with van der Waals surface area (Å²) in [5, 5.41) is 12.8. The molecule has 0 atom stereocenters. The van der Waals surface area contributed by atoms with Crippen LogP contribution in [0.25, 0.3) is 11.8 Å². The molecule has 32 heavy (non-hydrogen) atoms. The van der Waals surface area contributed by atoms with Crippen LogP contribution in [0.2, 0.25) is 5.02 Å². The first-order valence-corrected chi connectivity index (χ1v) is 10.5. The van der Waals surface area contributed by atoms with Crippen LogP contribution in [-0.2, 0) is 6.54 Å². The quantitative estimate of drug-likeness (QED) is 0.433. The summed E-state index contributed by atoms with van der Waals surface area (Å²) < 4.78 is 1.96. The van der Waals surface area contributed by atoms with E-state index in [0.717, 1.165) is 34.0 Å². The fraction of sp³-hybridized carbons (Fsp3) is 0.0400. The van der Waals surface area contributed by atoms with E-state index in [1.165, 1.54) is 5.56 Å². The summed E-state index contributed by atoms with van der Waals surface area (Å²) in [7, 11) is 0. The molecule has 1 aromatic heterocycles. The molecule has 6 nitrogen and oxygen atoms in total. The summed E-state index contributed by atoms with van der Waals surface area (Å²) in [5.74, 6) is 0.824. The highest BCUT2D eigenvalue weighted by Crippen LogP contribution is 2.26. The summed E-state index contributed by atoms with van der Waals surface area (Å²) in [4.78, 5) is 4.72. The first-order valence-electron chi connectivity index (χ1n) is 10.1. The Hall–Kier alpha value is -4.03. The van der Waals surface area contributed by atoms with Gasteiger partial charge in [-0.2, -0.15) is 5.10 Å². The molecule has 156 valence electrons. The van der Waals surface area contributed by atoms with E-state index in [-0.39, 0.29) is 0 Å². The van der Waals surface area contributed by atoms with Crippen LogP contribution in [0.3, 0.4) is 0 Å². The molecule has 4 aromatic rings. The first kappa shape index (κ1) is 19.9. The molecule has 2 aliphatic heterocycles. The minimum Gasteiger partial charge on any atom is -0.283 e. The first-order chi connectivity index (χ1) is 15.8. The third kappa shape index (κ3) is 4.08. The molecule has 0 spiro atoms. The summed E-state index contributed by atoms with van der Waals surface area (Å²) in [6, 6.07) is 24.0. The zero-order chi connectivity index (χ0) is 21.8. The number of hydrogen-bond acceptors (Lipinski definition) is 5. The molecule has 0 saturated carbocycles. The second-order valence-electron chi connectivity index (χ2n) is 7.15. The average Bonchev–Trinajstić information content (AvgIpc) is 3.08. The number of anilines is 1. The molecule has 0 bridgehead atoms. The van der Waals surface area contributed by atoms with Gasteiger partial charge in [-0.3, -0.25) is 15.0 Å². The number of rotatable bonds is 1. The standard InChI is InChI=1S/C16H11ClN4.C9H8N2/c17-12-6-7-14-13(8-12)16(11-4-2-1-3-5-11)18-9-15-20-19-10-21(14)15;1-2-6-9-8(4-1)5-3-7-10-11-9/h1-8,10H,9H2;1-7,11H. The van der Waals surface area contributed by atoms with Gasteiger partial charge in [0.25, 0.3) is 0 Å². The molecule has 0 amide bonds. The van der Waals surface area contributed by atoms with Gasteiger partial charge in [0.2, 0.25) is 0 Å². The molecule has 2 aliphatic rings. The summed E-state index contributed by atoms with van der Waals surface area (Å²) in [6.07, 6.45) is 7.39. The van der Waals surface area contributed by atoms with Crippen molar-refractivity contribution in [3.8, 4) is 5.69 Å². The highest BCUT2D eigenvalue weighted by atomic mass is 35.5. The van der Waals surface area contributed by atoms with Crippen LogP contribution in [0.5, 0.6) is 0 Å². The highest BCUT2D eigenvalue weighted by molar-refractivity contribution is 6.31. The molecule has 0 aliphatic carbocycles. The van der Waals surface area contributed by atoms with E-state index in [1.54, 1.807) is 12.5 Å². The Bertz CT molecular complexity index is 1340. The van der Waals surface area contributed by atoms with Gasteiger partial charge in [0.15, 0.2) is 5.82 Å². The lowest BCUT2D eigenvalue weighted by molar-refractivity contribution is 0.870. The third-order valence-electron chi connectivity index (χ3n) is 5.10. The summed E-state index contributed by atoms with van der Waals surface area (Å²) in [5.41, 5.74) is 9.15. The van der Waals surface area contributed by atoms with Crippen molar-refractivity contribution in [3.63, 3.8) is 0 Å². The Morgan fingerprint density at radius 1 is 0.938 bits per heavy atom. The molecule has 0 unspecified atom stereocenters. The lowest BCUT2D eigenvalue weighted by Crippen LogP contribution is -2.06. The van der Waals surface area contributed by atoms with Crippen molar-refractivity contribution in [3.05, 3.63) is 113 Å². The number of nitrogens with zero attached hydrogens (tertiary/aromatic N) is 5. The van der Waals surface area contributed by atoms with Gasteiger partial charge in [-0.25, -0.2) is 0 Å². The fourth-order valence-electron chi connectivity index (χ4n) is 3.59. The van der Waals surface area contributed by atoms with E-state index in [0.29, 0.717) is 11.6 Å². The number of nitrogens with one attached hydrogen (secondary N) is 1. The molecule has 0 radical (unpaired) electrons. The Morgan fingerprint density at radius 2 is 1.78 bits per heavy atom. The molecular weight excluding hydrogens is 420 g/mol. The van der Waals surface area contributed by atoms with E-state index in [9.17, 15) is 0 Å². The van der Waals surface area contributed by atoms with Crippen LogP contribution >= 0.6 is 11.6 Å². The van der Waals surface area contributed by atoms with E-state index in [1.807, 2.05) is 77.4 Å². The maximum absolute atomic E-state index is 6.19. The maximum atomic E-state index is 6.19. The second-order valence-corrected chi connectivity index (χ2v) is 7.58. The van der Waals surface area contributed by atoms with Gasteiger partial charge in [-0.05, 0) is 35.9 Å². The number of hydrazone groups is 1. The monoisotopic (exact) mass is 438 g/mol. The molecule has 0 saturated heterocycles. The predicted octanol–water partition coefficient (Wildman–Crippen LogP) is 5.38. The van der Waals surface area contributed by atoms with E-state index in [4.69, 9.17) is 16.6 Å². The van der Waals surface area contributed by atoms with Crippen molar-refractivity contribution in [1.82, 2.24) is 14.8 Å². The van der Waals surface area contributed by atoms with Crippen molar-refractivity contribution in [2.24, 2.45) is 10.1 Å². The number of hydrogen-bond donors (Lipinski definition) is 1. The lowest BCUT2D eigenvalue weighted by Gasteiger charge is -2.11. The Kier molecular flexibility index (Phi) is 5.59. The van der Waals surface area contributed by atoms with Gasteiger partial charge in [0.1, 0.15) is 12.9 Å². The lowest BCUT2D eigenvalue weighted by atomic mass is 10.0. The van der Waals surface area contributed by atoms with Gasteiger partial charge in [0, 0.05) is 22.4 Å². The topological polar surface area (TPSA) is 67.5 Å². The van der Waals surface area contributed by atoms with Gasteiger partial charge in [-0.15, -0.1) is 10.2 Å². The largest absolute Gasteiger partial charge is 0.283 e. The number of halogens is 1. The molecule has 7 heteroatoms. The number of aliphatic imine (C=N–C) groups is 1. The van der Waals surface area contributed by atoms with Gasteiger partial charge in [0.05, 0.1) is 17.1 Å². The zero-order valence-corrected chi connectivity index (χ0v) is 17.8. The van der Waals surface area contributed by atoms with Crippen molar-refractivity contribution in [1.29, 1.82) is 0 Å². The molecule has 3 aromatic carbocycles. The Balaban J connectivity index is 0.000000165. The van der Waals surface area contributed by atoms with Crippen LogP contribution in [-0.4, -0.2) is 26.7 Å². The highest BCUT2D eigenvalue weighted by Gasteiger charge is 2.19. The van der Waals surface area contributed by atoms with Crippen LogP contribution in [0.1, 0.15) is 22.5 Å². The molecule has 1 N–H and O–H groups in total. The smallest absolute Gasteiger partial charge is 0.159 e. The van der Waals surface area contributed by atoms with E-state index < -0.39 is 0 Å². The predicted molar refractivity (Wildman–Crippen MR) is 130 cm³/mol. The second kappa shape index (κ2) is 8.99. The van der Waals surface area contributed by atoms with Crippen LogP contribution in [0.15, 0.2) is 95.3 Å². The van der Waals surface area contributed by atoms with Crippen LogP contribution < -0.4 is 5.43 Å². The van der Waals surface area contributed by atoms with Crippen LogP contribution in [0, 0.1) is 0 Å². The van der Waals surface area contributed by atoms with Gasteiger partial charge >= 0.3 is 0 Å². The van der Waals surface area contributed by atoms with Crippen molar-refractivity contribution in [2.45, 2.75) is 6.54 Å². The molecular formula is C25H19ClN6. The summed E-state index contributed by atoms with van der Waals surface area (Å²) >= 11 is 6.19.